The summed E-state index contributed by atoms with van der Waals surface area (Å²) in [7, 11) is 0. The molecular formula is C15H22IN5. The Kier molecular flexibility index (Phi) is 7.21. The molecule has 6 heteroatoms. The van der Waals surface area contributed by atoms with Gasteiger partial charge in [0.25, 0.3) is 0 Å². The predicted molar refractivity (Wildman–Crippen MR) is 99.1 cm³/mol. The Bertz CT molecular complexity index is 584. The van der Waals surface area contributed by atoms with Crippen LogP contribution in [0.5, 0.6) is 0 Å². The number of H-pyrrole nitrogens is 1. The molecule has 21 heavy (non-hydrogen) atoms. The van der Waals surface area contributed by atoms with Gasteiger partial charge >= 0.3 is 0 Å². The molecule has 1 aromatic heterocycles. The number of aliphatic imine (C=N–C) groups is 1. The van der Waals surface area contributed by atoms with Crippen molar-refractivity contribution in [3.8, 4) is 0 Å². The summed E-state index contributed by atoms with van der Waals surface area (Å²) in [5.74, 6) is 1.48. The number of rotatable bonds is 6. The highest BCUT2D eigenvalue weighted by Gasteiger charge is 2.01. The maximum atomic E-state index is 5.74. The molecule has 0 atom stereocenters. The van der Waals surface area contributed by atoms with Crippen LogP contribution < -0.4 is 11.1 Å². The fourth-order valence-electron chi connectivity index (χ4n) is 1.87. The normalized spacial score (nSPS) is 11.2. The molecule has 4 N–H and O–H groups in total. The summed E-state index contributed by atoms with van der Waals surface area (Å²) >= 11 is 0. The summed E-state index contributed by atoms with van der Waals surface area (Å²) in [6, 6.07) is 8.04. The van der Waals surface area contributed by atoms with Gasteiger partial charge in [-0.1, -0.05) is 24.3 Å². The van der Waals surface area contributed by atoms with Crippen LogP contribution in [-0.2, 0) is 6.42 Å². The van der Waals surface area contributed by atoms with Crippen molar-refractivity contribution in [3.63, 3.8) is 0 Å². The van der Waals surface area contributed by atoms with Crippen LogP contribution in [-0.4, -0.2) is 29.0 Å². The third-order valence-corrected chi connectivity index (χ3v) is 2.85. The topological polar surface area (TPSA) is 79.1 Å². The number of aryl methyl sites for hydroxylation is 1. The lowest BCUT2D eigenvalue weighted by Gasteiger charge is -2.04. The molecule has 0 radical (unpaired) electrons. The molecule has 0 saturated carbocycles. The Balaban J connectivity index is 0.00000220. The summed E-state index contributed by atoms with van der Waals surface area (Å²) in [6.07, 6.45) is 1.83. The first-order chi connectivity index (χ1) is 9.65. The summed E-state index contributed by atoms with van der Waals surface area (Å²) in [5.41, 5.74) is 8.83. The van der Waals surface area contributed by atoms with Gasteiger partial charge in [0.15, 0.2) is 5.96 Å². The van der Waals surface area contributed by atoms with E-state index in [-0.39, 0.29) is 24.0 Å². The van der Waals surface area contributed by atoms with Crippen molar-refractivity contribution in [2.75, 3.05) is 13.1 Å². The number of aromatic amines is 1. The second-order valence-electron chi connectivity index (χ2n) is 4.89. The highest BCUT2D eigenvalue weighted by atomic mass is 127. The van der Waals surface area contributed by atoms with Crippen molar-refractivity contribution in [1.29, 1.82) is 0 Å². The van der Waals surface area contributed by atoms with Gasteiger partial charge in [-0.15, -0.1) is 24.0 Å². The van der Waals surface area contributed by atoms with E-state index in [9.17, 15) is 0 Å². The minimum atomic E-state index is 0. The first-order valence-electron chi connectivity index (χ1n) is 6.77. The molecule has 0 bridgehead atoms. The number of guanidine groups is 1. The van der Waals surface area contributed by atoms with E-state index in [1.54, 1.807) is 0 Å². The molecule has 2 aromatic rings. The molecule has 114 valence electrons. The molecule has 0 aliphatic carbocycles. The van der Waals surface area contributed by atoms with Crippen LogP contribution in [0.4, 0.5) is 0 Å². The van der Waals surface area contributed by atoms with Gasteiger partial charge in [0.2, 0.25) is 0 Å². The number of para-hydroxylation sites is 2. The maximum absolute atomic E-state index is 5.74. The van der Waals surface area contributed by atoms with Crippen molar-refractivity contribution in [1.82, 2.24) is 15.3 Å². The SMILES string of the molecule is C=C(C)CN=C(N)NCCCc1nc2ccccc2[nH]1.I. The van der Waals surface area contributed by atoms with Crippen molar-refractivity contribution in [2.24, 2.45) is 10.7 Å². The zero-order valence-corrected chi connectivity index (χ0v) is 14.6. The standard InChI is InChI=1S/C15H21N5.HI/c1-11(2)10-18-15(16)17-9-5-8-14-19-12-6-3-4-7-13(12)20-14;/h3-4,6-7H,1,5,8-10H2,2H3,(H,19,20)(H3,16,17,18);1H. The van der Waals surface area contributed by atoms with E-state index in [1.165, 1.54) is 0 Å². The average molecular weight is 399 g/mol. The van der Waals surface area contributed by atoms with E-state index in [0.29, 0.717) is 12.5 Å². The third kappa shape index (κ3) is 5.74. The first kappa shape index (κ1) is 17.5. The monoisotopic (exact) mass is 399 g/mol. The number of nitrogens with one attached hydrogen (secondary N) is 2. The molecule has 5 nitrogen and oxygen atoms in total. The molecule has 0 spiro atoms. The van der Waals surface area contributed by atoms with E-state index in [1.807, 2.05) is 31.2 Å². The van der Waals surface area contributed by atoms with Gasteiger partial charge in [0, 0.05) is 13.0 Å². The molecule has 1 heterocycles. The highest BCUT2D eigenvalue weighted by molar-refractivity contribution is 14.0. The Morgan fingerprint density at radius 2 is 2.19 bits per heavy atom. The zero-order chi connectivity index (χ0) is 14.4. The predicted octanol–water partition coefficient (Wildman–Crippen LogP) is 2.59. The average Bonchev–Trinajstić information content (AvgIpc) is 2.84. The molecule has 0 unspecified atom stereocenters. The number of benzene rings is 1. The number of hydrogen-bond donors (Lipinski definition) is 3. The summed E-state index contributed by atoms with van der Waals surface area (Å²) in [5, 5.41) is 3.09. The van der Waals surface area contributed by atoms with Crippen LogP contribution >= 0.6 is 24.0 Å². The number of nitrogens with two attached hydrogens (primary N) is 1. The lowest BCUT2D eigenvalue weighted by Crippen LogP contribution is -2.32. The summed E-state index contributed by atoms with van der Waals surface area (Å²) in [6.45, 7) is 7.06. The van der Waals surface area contributed by atoms with Gasteiger partial charge in [0.05, 0.1) is 17.6 Å². The van der Waals surface area contributed by atoms with E-state index < -0.39 is 0 Å². The Hall–Kier alpha value is -1.57. The molecule has 0 aliphatic heterocycles. The van der Waals surface area contributed by atoms with Crippen LogP contribution in [0, 0.1) is 0 Å². The fraction of sp³-hybridized carbons (Fsp3) is 0.333. The lowest BCUT2D eigenvalue weighted by atomic mass is 10.3. The zero-order valence-electron chi connectivity index (χ0n) is 12.2. The van der Waals surface area contributed by atoms with Gasteiger partial charge in [-0.2, -0.15) is 0 Å². The van der Waals surface area contributed by atoms with Gasteiger partial charge in [-0.25, -0.2) is 9.98 Å². The van der Waals surface area contributed by atoms with Crippen LogP contribution in [0.15, 0.2) is 41.4 Å². The second-order valence-corrected chi connectivity index (χ2v) is 4.89. The van der Waals surface area contributed by atoms with Crippen LogP contribution in [0.3, 0.4) is 0 Å². The van der Waals surface area contributed by atoms with Crippen molar-refractivity contribution < 1.29 is 0 Å². The van der Waals surface area contributed by atoms with Gasteiger partial charge in [-0.05, 0) is 25.5 Å². The lowest BCUT2D eigenvalue weighted by molar-refractivity contribution is 0.745. The van der Waals surface area contributed by atoms with Crippen LogP contribution in [0.1, 0.15) is 19.2 Å². The Morgan fingerprint density at radius 3 is 2.90 bits per heavy atom. The summed E-state index contributed by atoms with van der Waals surface area (Å²) in [4.78, 5) is 12.0. The number of fused-ring (bicyclic) bond motifs is 1. The molecule has 0 aliphatic rings. The first-order valence-corrected chi connectivity index (χ1v) is 6.77. The Morgan fingerprint density at radius 1 is 1.43 bits per heavy atom. The molecule has 0 fully saturated rings. The second kappa shape index (κ2) is 8.66. The van der Waals surface area contributed by atoms with E-state index in [2.05, 4.69) is 26.9 Å². The minimum absolute atomic E-state index is 0. The largest absolute Gasteiger partial charge is 0.370 e. The number of hydrogen-bond acceptors (Lipinski definition) is 2. The number of halogens is 1. The van der Waals surface area contributed by atoms with E-state index in [0.717, 1.165) is 41.8 Å². The minimum Gasteiger partial charge on any atom is -0.370 e. The molecule has 1 aromatic carbocycles. The van der Waals surface area contributed by atoms with Crippen molar-refractivity contribution >= 4 is 41.0 Å². The van der Waals surface area contributed by atoms with E-state index in [4.69, 9.17) is 5.73 Å². The molecular weight excluding hydrogens is 377 g/mol. The van der Waals surface area contributed by atoms with Crippen molar-refractivity contribution in [3.05, 3.63) is 42.2 Å². The Labute approximate surface area is 142 Å². The quantitative estimate of drug-likeness (QED) is 0.230. The van der Waals surface area contributed by atoms with Gasteiger partial charge < -0.3 is 16.0 Å². The van der Waals surface area contributed by atoms with Crippen molar-refractivity contribution in [2.45, 2.75) is 19.8 Å². The number of imidazole rings is 1. The summed E-state index contributed by atoms with van der Waals surface area (Å²) < 4.78 is 0. The van der Waals surface area contributed by atoms with Gasteiger partial charge in [-0.3, -0.25) is 0 Å². The number of nitrogens with zero attached hydrogens (tertiary/aromatic N) is 2. The smallest absolute Gasteiger partial charge is 0.188 e. The fourth-order valence-corrected chi connectivity index (χ4v) is 1.87. The van der Waals surface area contributed by atoms with E-state index >= 15 is 0 Å². The van der Waals surface area contributed by atoms with Crippen LogP contribution in [0.2, 0.25) is 0 Å². The number of aromatic nitrogens is 2. The molecule has 2 rings (SSSR count). The highest BCUT2D eigenvalue weighted by Crippen LogP contribution is 2.10. The third-order valence-electron chi connectivity index (χ3n) is 2.85. The molecule has 0 saturated heterocycles. The van der Waals surface area contributed by atoms with Crippen LogP contribution in [0.25, 0.3) is 11.0 Å². The molecule has 0 amide bonds. The van der Waals surface area contributed by atoms with Gasteiger partial charge in [0.1, 0.15) is 5.82 Å². The maximum Gasteiger partial charge on any atom is 0.188 e.